The molecule has 0 aliphatic heterocycles. The Morgan fingerprint density at radius 2 is 2.00 bits per heavy atom. The number of aromatic amines is 1. The van der Waals surface area contributed by atoms with Crippen molar-refractivity contribution in [2.75, 3.05) is 5.32 Å². The van der Waals surface area contributed by atoms with Crippen molar-refractivity contribution in [2.24, 2.45) is 0 Å². The second-order valence-corrected chi connectivity index (χ2v) is 7.04. The zero-order chi connectivity index (χ0) is 17.9. The first-order valence-electron chi connectivity index (χ1n) is 8.35. The quantitative estimate of drug-likeness (QED) is 0.413. The first-order valence-corrected chi connectivity index (χ1v) is 9.23. The normalized spacial score (nSPS) is 12.3. The summed E-state index contributed by atoms with van der Waals surface area (Å²) in [7, 11) is 0. The third-order valence-electron chi connectivity index (χ3n) is 4.12. The monoisotopic (exact) mass is 363 g/mol. The lowest BCUT2D eigenvalue weighted by molar-refractivity contribution is -0.115. The largest absolute Gasteiger partial charge is 0.341 e. The molecule has 1 amide bonds. The topological polar surface area (TPSA) is 83.6 Å². The van der Waals surface area contributed by atoms with Crippen LogP contribution in [0.3, 0.4) is 0 Å². The van der Waals surface area contributed by atoms with E-state index in [4.69, 9.17) is 0 Å². The highest BCUT2D eigenvalue weighted by atomic mass is 32.2. The van der Waals surface area contributed by atoms with Crippen LogP contribution in [0, 0.1) is 0 Å². The molecule has 6 nitrogen and oxygen atoms in total. The van der Waals surface area contributed by atoms with Gasteiger partial charge in [-0.3, -0.25) is 4.79 Å². The van der Waals surface area contributed by atoms with Crippen LogP contribution in [0.5, 0.6) is 0 Å². The Morgan fingerprint density at radius 3 is 2.85 bits per heavy atom. The van der Waals surface area contributed by atoms with E-state index in [-0.39, 0.29) is 11.2 Å². The van der Waals surface area contributed by atoms with E-state index in [1.54, 1.807) is 6.33 Å². The second kappa shape index (κ2) is 7.13. The van der Waals surface area contributed by atoms with E-state index in [9.17, 15) is 4.79 Å². The molecule has 4 aromatic rings. The number of nitrogens with one attached hydrogen (secondary N) is 2. The van der Waals surface area contributed by atoms with Gasteiger partial charge in [0.05, 0.1) is 11.6 Å². The highest BCUT2D eigenvalue weighted by molar-refractivity contribution is 8.00. The minimum absolute atomic E-state index is 0.0425. The minimum atomic E-state index is -0.261. The number of hydrogen-bond acceptors (Lipinski definition) is 5. The number of thioether (sulfide) groups is 1. The number of benzene rings is 2. The number of H-pyrrole nitrogens is 1. The van der Waals surface area contributed by atoms with Crippen LogP contribution >= 0.6 is 11.8 Å². The zero-order valence-corrected chi connectivity index (χ0v) is 15.0. The van der Waals surface area contributed by atoms with Gasteiger partial charge >= 0.3 is 0 Å². The molecule has 0 saturated carbocycles. The van der Waals surface area contributed by atoms with E-state index < -0.39 is 0 Å². The average Bonchev–Trinajstić information content (AvgIpc) is 3.15. The summed E-state index contributed by atoms with van der Waals surface area (Å²) < 4.78 is 0. The number of carbonyl (C=O) groups is 1. The van der Waals surface area contributed by atoms with Crippen molar-refractivity contribution >= 4 is 45.3 Å². The third kappa shape index (κ3) is 3.25. The molecule has 0 saturated heterocycles. The highest BCUT2D eigenvalue weighted by Gasteiger charge is 2.21. The molecular formula is C19H17N5OS. The molecule has 130 valence electrons. The van der Waals surface area contributed by atoms with E-state index in [2.05, 4.69) is 31.3 Å². The van der Waals surface area contributed by atoms with Gasteiger partial charge in [0.1, 0.15) is 16.9 Å². The Labute approximate surface area is 154 Å². The number of fused-ring (bicyclic) bond motifs is 2. The van der Waals surface area contributed by atoms with E-state index in [1.165, 1.54) is 18.1 Å². The van der Waals surface area contributed by atoms with Crippen molar-refractivity contribution in [2.45, 2.75) is 23.6 Å². The summed E-state index contributed by atoms with van der Waals surface area (Å²) in [5.41, 5.74) is 2.16. The number of hydrogen-bond donors (Lipinski definition) is 2. The van der Waals surface area contributed by atoms with Crippen LogP contribution in [0.2, 0.25) is 0 Å². The minimum Gasteiger partial charge on any atom is -0.341 e. The Balaban J connectivity index is 1.54. The molecule has 26 heavy (non-hydrogen) atoms. The van der Waals surface area contributed by atoms with E-state index in [1.807, 2.05) is 43.3 Å². The average molecular weight is 363 g/mol. The smallest absolute Gasteiger partial charge is 0.237 e. The number of anilines is 1. The van der Waals surface area contributed by atoms with Gasteiger partial charge in [-0.25, -0.2) is 15.0 Å². The maximum atomic E-state index is 12.8. The Kier molecular flexibility index (Phi) is 4.53. The summed E-state index contributed by atoms with van der Waals surface area (Å²) in [6.45, 7) is 1.99. The van der Waals surface area contributed by atoms with Crippen LogP contribution in [0.25, 0.3) is 21.9 Å². The van der Waals surface area contributed by atoms with Crippen molar-refractivity contribution < 1.29 is 4.79 Å². The fourth-order valence-corrected chi connectivity index (χ4v) is 3.76. The van der Waals surface area contributed by atoms with Crippen LogP contribution in [0.1, 0.15) is 13.3 Å². The molecule has 0 bridgehead atoms. The molecule has 0 unspecified atom stereocenters. The zero-order valence-electron chi connectivity index (χ0n) is 14.1. The molecule has 0 fully saturated rings. The Bertz CT molecular complexity index is 1080. The summed E-state index contributed by atoms with van der Waals surface area (Å²) in [5.74, 6) is -0.0425. The Hall–Kier alpha value is -2.93. The molecule has 0 radical (unpaired) electrons. The van der Waals surface area contributed by atoms with Crippen molar-refractivity contribution in [3.05, 3.63) is 55.1 Å². The number of rotatable bonds is 5. The number of nitrogens with zero attached hydrogens (tertiary/aromatic N) is 3. The highest BCUT2D eigenvalue weighted by Crippen LogP contribution is 2.29. The summed E-state index contributed by atoms with van der Waals surface area (Å²) in [5, 5.41) is 5.73. The van der Waals surface area contributed by atoms with E-state index >= 15 is 0 Å². The molecule has 2 N–H and O–H groups in total. The molecule has 4 rings (SSSR count). The molecule has 0 spiro atoms. The van der Waals surface area contributed by atoms with Crippen molar-refractivity contribution in [3.8, 4) is 0 Å². The summed E-state index contributed by atoms with van der Waals surface area (Å²) in [4.78, 5) is 28.3. The lowest BCUT2D eigenvalue weighted by Gasteiger charge is -2.14. The van der Waals surface area contributed by atoms with E-state index in [0.717, 1.165) is 27.0 Å². The van der Waals surface area contributed by atoms with Crippen LogP contribution in [0.4, 0.5) is 5.69 Å². The van der Waals surface area contributed by atoms with Gasteiger partial charge in [0.25, 0.3) is 0 Å². The van der Waals surface area contributed by atoms with Crippen molar-refractivity contribution in [1.29, 1.82) is 0 Å². The molecule has 0 aliphatic carbocycles. The molecule has 7 heteroatoms. The van der Waals surface area contributed by atoms with Gasteiger partial charge < -0.3 is 10.3 Å². The van der Waals surface area contributed by atoms with Gasteiger partial charge in [0.2, 0.25) is 5.91 Å². The number of aromatic nitrogens is 4. The molecule has 1 atom stereocenters. The third-order valence-corrected chi connectivity index (χ3v) is 5.49. The fraction of sp³-hybridized carbons (Fsp3) is 0.158. The number of amides is 1. The fourth-order valence-electron chi connectivity index (χ4n) is 2.78. The first-order chi connectivity index (χ1) is 12.7. The van der Waals surface area contributed by atoms with Crippen LogP contribution < -0.4 is 5.32 Å². The second-order valence-electron chi connectivity index (χ2n) is 5.85. The van der Waals surface area contributed by atoms with Crippen LogP contribution in [-0.4, -0.2) is 31.1 Å². The first kappa shape index (κ1) is 16.5. The molecule has 2 aromatic carbocycles. The SMILES string of the molecule is CC[C@@H](Sc1ncnc2nc[nH]c12)C(=O)Nc1ccc2ccccc2c1. The van der Waals surface area contributed by atoms with Crippen LogP contribution in [-0.2, 0) is 4.79 Å². The summed E-state index contributed by atoms with van der Waals surface area (Å²) in [6.07, 6.45) is 3.74. The van der Waals surface area contributed by atoms with Crippen molar-refractivity contribution in [1.82, 2.24) is 19.9 Å². The lowest BCUT2D eigenvalue weighted by atomic mass is 10.1. The van der Waals surface area contributed by atoms with Gasteiger partial charge in [-0.05, 0) is 29.3 Å². The molecule has 2 heterocycles. The van der Waals surface area contributed by atoms with Gasteiger partial charge in [-0.2, -0.15) is 0 Å². The van der Waals surface area contributed by atoms with E-state index in [0.29, 0.717) is 12.1 Å². The Morgan fingerprint density at radius 1 is 1.15 bits per heavy atom. The summed E-state index contributed by atoms with van der Waals surface area (Å²) in [6, 6.07) is 14.0. The van der Waals surface area contributed by atoms with Gasteiger partial charge in [-0.1, -0.05) is 49.0 Å². The van der Waals surface area contributed by atoms with Gasteiger partial charge in [0.15, 0.2) is 5.65 Å². The molecule has 0 aliphatic rings. The summed E-state index contributed by atoms with van der Waals surface area (Å²) >= 11 is 1.42. The predicted octanol–water partition coefficient (Wildman–Crippen LogP) is 4.02. The molecule has 2 aromatic heterocycles. The lowest BCUT2D eigenvalue weighted by Crippen LogP contribution is -2.24. The maximum absolute atomic E-state index is 12.8. The van der Waals surface area contributed by atoms with Crippen molar-refractivity contribution in [3.63, 3.8) is 0 Å². The molecular weight excluding hydrogens is 346 g/mol. The number of carbonyl (C=O) groups excluding carboxylic acids is 1. The standard InChI is InChI=1S/C19H17N5OS/c1-2-15(26-19-16-17(21-10-20-16)22-11-23-19)18(25)24-14-8-7-12-5-3-4-6-13(12)9-14/h3-11,15H,2H2,1H3,(H,24,25)(H,20,21,22,23)/t15-/m1/s1. The predicted molar refractivity (Wildman–Crippen MR) is 104 cm³/mol. The maximum Gasteiger partial charge on any atom is 0.237 e. The van der Waals surface area contributed by atoms with Gasteiger partial charge in [-0.15, -0.1) is 0 Å². The number of imidazole rings is 1. The van der Waals surface area contributed by atoms with Gasteiger partial charge in [0, 0.05) is 5.69 Å². The van der Waals surface area contributed by atoms with Crippen LogP contribution in [0.15, 0.2) is 60.1 Å².